The SMILES string of the molecule is CC(C)CNC(=O)CCNc1ncnc(Cl)c1C(C)C. The van der Waals surface area contributed by atoms with E-state index in [1.54, 1.807) is 0 Å². The molecule has 0 fully saturated rings. The van der Waals surface area contributed by atoms with E-state index in [2.05, 4.69) is 34.4 Å². The van der Waals surface area contributed by atoms with Gasteiger partial charge in [-0.05, 0) is 11.8 Å². The van der Waals surface area contributed by atoms with Crippen LogP contribution in [0.1, 0.15) is 45.6 Å². The average Bonchev–Trinajstić information content (AvgIpc) is 2.36. The first-order valence-electron chi connectivity index (χ1n) is 6.92. The third-order valence-electron chi connectivity index (χ3n) is 2.76. The molecule has 0 saturated carbocycles. The standard InChI is InChI=1S/C14H23ClN4O/c1-9(2)7-17-11(20)5-6-16-14-12(10(3)4)13(15)18-8-19-14/h8-10H,5-7H2,1-4H3,(H,17,20)(H,16,18,19). The fourth-order valence-corrected chi connectivity index (χ4v) is 2.08. The van der Waals surface area contributed by atoms with E-state index in [-0.39, 0.29) is 11.8 Å². The second-order valence-corrected chi connectivity index (χ2v) is 5.81. The quantitative estimate of drug-likeness (QED) is 0.760. The highest BCUT2D eigenvalue weighted by Gasteiger charge is 2.13. The molecule has 1 amide bonds. The van der Waals surface area contributed by atoms with Crippen molar-refractivity contribution >= 4 is 23.3 Å². The summed E-state index contributed by atoms with van der Waals surface area (Å²) < 4.78 is 0. The van der Waals surface area contributed by atoms with Gasteiger partial charge >= 0.3 is 0 Å². The molecule has 6 heteroatoms. The molecule has 0 aliphatic rings. The Balaban J connectivity index is 2.50. The second kappa shape index (κ2) is 8.04. The molecule has 0 spiro atoms. The van der Waals surface area contributed by atoms with Crippen LogP contribution in [0.15, 0.2) is 6.33 Å². The summed E-state index contributed by atoms with van der Waals surface area (Å²) in [6.45, 7) is 9.43. The summed E-state index contributed by atoms with van der Waals surface area (Å²) in [6, 6.07) is 0. The lowest BCUT2D eigenvalue weighted by Crippen LogP contribution is -2.28. The summed E-state index contributed by atoms with van der Waals surface area (Å²) in [4.78, 5) is 19.8. The number of amides is 1. The zero-order chi connectivity index (χ0) is 15.1. The second-order valence-electron chi connectivity index (χ2n) is 5.46. The van der Waals surface area contributed by atoms with Crippen LogP contribution in [0.2, 0.25) is 5.15 Å². The molecule has 0 saturated heterocycles. The van der Waals surface area contributed by atoms with Crippen LogP contribution in [0.3, 0.4) is 0 Å². The Morgan fingerprint density at radius 3 is 2.60 bits per heavy atom. The Kier molecular flexibility index (Phi) is 6.71. The van der Waals surface area contributed by atoms with E-state index in [1.807, 2.05) is 13.8 Å². The number of rotatable bonds is 7. The lowest BCUT2D eigenvalue weighted by atomic mass is 10.1. The molecule has 0 aliphatic heterocycles. The minimum Gasteiger partial charge on any atom is -0.369 e. The summed E-state index contributed by atoms with van der Waals surface area (Å²) in [5.41, 5.74) is 0.886. The number of nitrogens with zero attached hydrogens (tertiary/aromatic N) is 2. The van der Waals surface area contributed by atoms with E-state index >= 15 is 0 Å². The van der Waals surface area contributed by atoms with Gasteiger partial charge < -0.3 is 10.6 Å². The van der Waals surface area contributed by atoms with Crippen LogP contribution in [0.5, 0.6) is 0 Å². The highest BCUT2D eigenvalue weighted by atomic mass is 35.5. The predicted octanol–water partition coefficient (Wildman–Crippen LogP) is 2.83. The Morgan fingerprint density at radius 1 is 1.30 bits per heavy atom. The van der Waals surface area contributed by atoms with Gasteiger partial charge in [-0.15, -0.1) is 0 Å². The molecule has 2 N–H and O–H groups in total. The predicted molar refractivity (Wildman–Crippen MR) is 82.1 cm³/mol. The number of hydrogen-bond donors (Lipinski definition) is 2. The van der Waals surface area contributed by atoms with Gasteiger partial charge in [0.25, 0.3) is 0 Å². The maximum absolute atomic E-state index is 11.6. The molecule has 5 nitrogen and oxygen atoms in total. The molecule has 112 valence electrons. The first-order valence-corrected chi connectivity index (χ1v) is 7.30. The molecule has 0 bridgehead atoms. The van der Waals surface area contributed by atoms with Crippen LogP contribution < -0.4 is 10.6 Å². The van der Waals surface area contributed by atoms with Crippen molar-refractivity contribution in [1.29, 1.82) is 0 Å². The normalized spacial score (nSPS) is 10.9. The third kappa shape index (κ3) is 5.33. The topological polar surface area (TPSA) is 66.9 Å². The van der Waals surface area contributed by atoms with Crippen LogP contribution in [-0.4, -0.2) is 29.0 Å². The van der Waals surface area contributed by atoms with Gasteiger partial charge in [0.1, 0.15) is 17.3 Å². The largest absolute Gasteiger partial charge is 0.369 e. The third-order valence-corrected chi connectivity index (χ3v) is 3.07. The van der Waals surface area contributed by atoms with Crippen molar-refractivity contribution in [2.45, 2.75) is 40.0 Å². The summed E-state index contributed by atoms with van der Waals surface area (Å²) in [5, 5.41) is 6.50. The monoisotopic (exact) mass is 298 g/mol. The van der Waals surface area contributed by atoms with Crippen molar-refractivity contribution in [2.75, 3.05) is 18.4 Å². The minimum atomic E-state index is 0.0393. The molecular formula is C14H23ClN4O. The maximum atomic E-state index is 11.6. The number of anilines is 1. The van der Waals surface area contributed by atoms with Crippen molar-refractivity contribution < 1.29 is 4.79 Å². The summed E-state index contributed by atoms with van der Waals surface area (Å²) in [5.74, 6) is 1.43. The van der Waals surface area contributed by atoms with E-state index in [4.69, 9.17) is 11.6 Å². The molecule has 1 aromatic rings. The highest BCUT2D eigenvalue weighted by molar-refractivity contribution is 6.30. The van der Waals surface area contributed by atoms with Crippen molar-refractivity contribution in [1.82, 2.24) is 15.3 Å². The number of aromatic nitrogens is 2. The van der Waals surface area contributed by atoms with Crippen LogP contribution in [-0.2, 0) is 4.79 Å². The Morgan fingerprint density at radius 2 is 2.00 bits per heavy atom. The van der Waals surface area contributed by atoms with Gasteiger partial charge in [0.15, 0.2) is 0 Å². The molecule has 1 rings (SSSR count). The van der Waals surface area contributed by atoms with Crippen molar-refractivity contribution in [3.63, 3.8) is 0 Å². The van der Waals surface area contributed by atoms with Crippen LogP contribution in [0.25, 0.3) is 0 Å². The molecule has 0 unspecified atom stereocenters. The molecule has 0 aliphatic carbocycles. The molecule has 0 aromatic carbocycles. The molecule has 0 atom stereocenters. The zero-order valence-electron chi connectivity index (χ0n) is 12.5. The van der Waals surface area contributed by atoms with Gasteiger partial charge in [-0.2, -0.15) is 0 Å². The van der Waals surface area contributed by atoms with E-state index in [0.29, 0.717) is 36.4 Å². The Hall–Kier alpha value is -1.36. The highest BCUT2D eigenvalue weighted by Crippen LogP contribution is 2.27. The van der Waals surface area contributed by atoms with Gasteiger partial charge in [0.05, 0.1) is 0 Å². The number of hydrogen-bond acceptors (Lipinski definition) is 4. The fraction of sp³-hybridized carbons (Fsp3) is 0.643. The van der Waals surface area contributed by atoms with Crippen molar-refractivity contribution in [3.8, 4) is 0 Å². The molecule has 0 radical (unpaired) electrons. The van der Waals surface area contributed by atoms with E-state index in [1.165, 1.54) is 6.33 Å². The lowest BCUT2D eigenvalue weighted by molar-refractivity contribution is -0.120. The van der Waals surface area contributed by atoms with Gasteiger partial charge in [-0.25, -0.2) is 9.97 Å². The molecule has 1 aromatic heterocycles. The van der Waals surface area contributed by atoms with E-state index < -0.39 is 0 Å². The van der Waals surface area contributed by atoms with E-state index in [9.17, 15) is 4.79 Å². The van der Waals surface area contributed by atoms with Crippen LogP contribution in [0.4, 0.5) is 5.82 Å². The molecular weight excluding hydrogens is 276 g/mol. The summed E-state index contributed by atoms with van der Waals surface area (Å²) in [6.07, 6.45) is 1.83. The average molecular weight is 299 g/mol. The molecule has 1 heterocycles. The van der Waals surface area contributed by atoms with Gasteiger partial charge in [-0.1, -0.05) is 39.3 Å². The maximum Gasteiger partial charge on any atom is 0.221 e. The van der Waals surface area contributed by atoms with Gasteiger partial charge in [-0.3, -0.25) is 4.79 Å². The number of nitrogens with one attached hydrogen (secondary N) is 2. The number of halogens is 1. The van der Waals surface area contributed by atoms with E-state index in [0.717, 1.165) is 5.56 Å². The van der Waals surface area contributed by atoms with Crippen molar-refractivity contribution in [3.05, 3.63) is 17.0 Å². The summed E-state index contributed by atoms with van der Waals surface area (Å²) in [7, 11) is 0. The molecule has 20 heavy (non-hydrogen) atoms. The van der Waals surface area contributed by atoms with Crippen LogP contribution in [0, 0.1) is 5.92 Å². The first kappa shape index (κ1) is 16.7. The fourth-order valence-electron chi connectivity index (χ4n) is 1.73. The number of carbonyl (C=O) groups is 1. The number of carbonyl (C=O) groups excluding carboxylic acids is 1. The van der Waals surface area contributed by atoms with Gasteiger partial charge in [0, 0.05) is 25.1 Å². The first-order chi connectivity index (χ1) is 9.41. The Bertz CT molecular complexity index is 449. The lowest BCUT2D eigenvalue weighted by Gasteiger charge is -2.14. The van der Waals surface area contributed by atoms with Gasteiger partial charge in [0.2, 0.25) is 5.91 Å². The minimum absolute atomic E-state index is 0.0393. The smallest absolute Gasteiger partial charge is 0.221 e. The zero-order valence-corrected chi connectivity index (χ0v) is 13.3. The Labute approximate surface area is 125 Å². The summed E-state index contributed by atoms with van der Waals surface area (Å²) >= 11 is 6.08. The van der Waals surface area contributed by atoms with Crippen LogP contribution >= 0.6 is 11.6 Å². The van der Waals surface area contributed by atoms with Crippen molar-refractivity contribution in [2.24, 2.45) is 5.92 Å².